The summed E-state index contributed by atoms with van der Waals surface area (Å²) in [5.74, 6) is 0. The van der Waals surface area contributed by atoms with Gasteiger partial charge in [0.25, 0.3) is 0 Å². The van der Waals surface area contributed by atoms with Gasteiger partial charge in [-0.3, -0.25) is 0 Å². The smallest absolute Gasteiger partial charge is 0.186 e. The van der Waals surface area contributed by atoms with E-state index in [1.165, 1.54) is 14.2 Å². The van der Waals surface area contributed by atoms with Crippen molar-refractivity contribution in [1.29, 1.82) is 0 Å². The van der Waals surface area contributed by atoms with Gasteiger partial charge in [0.15, 0.2) is 6.29 Å². The second-order valence-electron chi connectivity index (χ2n) is 3.63. The average Bonchev–Trinajstić information content (AvgIpc) is 2.62. The second-order valence-corrected chi connectivity index (χ2v) is 3.63. The predicted molar refractivity (Wildman–Crippen MR) is 55.1 cm³/mol. The van der Waals surface area contributed by atoms with E-state index in [1.807, 2.05) is 0 Å². The summed E-state index contributed by atoms with van der Waals surface area (Å²) in [6, 6.07) is 0. The molecular formula is C10H20O6. The van der Waals surface area contributed by atoms with Gasteiger partial charge in [0.05, 0.1) is 6.61 Å². The Labute approximate surface area is 95.4 Å². The molecule has 0 unspecified atom stereocenters. The van der Waals surface area contributed by atoms with Crippen LogP contribution in [-0.2, 0) is 23.7 Å². The largest absolute Gasteiger partial charge is 0.385 e. The molecule has 0 aliphatic carbocycles. The lowest BCUT2D eigenvalue weighted by Gasteiger charge is -2.25. The van der Waals surface area contributed by atoms with Crippen molar-refractivity contribution in [3.05, 3.63) is 0 Å². The van der Waals surface area contributed by atoms with Crippen molar-refractivity contribution in [3.8, 4) is 0 Å². The van der Waals surface area contributed by atoms with Gasteiger partial charge < -0.3 is 28.8 Å². The van der Waals surface area contributed by atoms with Crippen molar-refractivity contribution in [3.63, 3.8) is 0 Å². The lowest BCUT2D eigenvalue weighted by atomic mass is 10.1. The molecule has 1 aliphatic rings. The molecule has 0 spiro atoms. The van der Waals surface area contributed by atoms with Gasteiger partial charge >= 0.3 is 0 Å². The van der Waals surface area contributed by atoms with Crippen molar-refractivity contribution in [1.82, 2.24) is 0 Å². The van der Waals surface area contributed by atoms with Gasteiger partial charge in [-0.15, -0.1) is 0 Å². The molecule has 96 valence electrons. The van der Waals surface area contributed by atoms with Crippen LogP contribution in [0.25, 0.3) is 0 Å². The summed E-state index contributed by atoms with van der Waals surface area (Å²) in [5, 5.41) is 9.86. The van der Waals surface area contributed by atoms with E-state index in [0.29, 0.717) is 6.61 Å². The highest BCUT2D eigenvalue weighted by Gasteiger charge is 2.47. The molecule has 1 saturated heterocycles. The lowest BCUT2D eigenvalue weighted by molar-refractivity contribution is -0.172. The van der Waals surface area contributed by atoms with Crippen molar-refractivity contribution in [2.75, 3.05) is 35.0 Å². The molecule has 5 atom stereocenters. The first-order valence-electron chi connectivity index (χ1n) is 5.10. The summed E-state index contributed by atoms with van der Waals surface area (Å²) < 4.78 is 26.0. The molecule has 1 heterocycles. The number of aliphatic hydroxyl groups is 1. The average molecular weight is 236 g/mol. The molecule has 6 nitrogen and oxygen atoms in total. The Hall–Kier alpha value is -0.240. The molecule has 1 fully saturated rings. The van der Waals surface area contributed by atoms with Gasteiger partial charge in [0.2, 0.25) is 0 Å². The molecule has 0 aromatic carbocycles. The quantitative estimate of drug-likeness (QED) is 0.664. The van der Waals surface area contributed by atoms with Gasteiger partial charge in [-0.25, -0.2) is 0 Å². The SMILES string of the molecule is COC[C@@H](OC)[C@H]1O[C@H](OC)[C@H](O)[C@H]1OC. The third-order valence-electron chi connectivity index (χ3n) is 2.74. The first kappa shape index (κ1) is 13.8. The Morgan fingerprint density at radius 3 is 2.31 bits per heavy atom. The summed E-state index contributed by atoms with van der Waals surface area (Å²) in [6.45, 7) is 0.365. The third-order valence-corrected chi connectivity index (χ3v) is 2.74. The number of methoxy groups -OCH3 is 4. The lowest BCUT2D eigenvalue weighted by Crippen LogP contribution is -2.43. The molecule has 0 bridgehead atoms. The molecule has 16 heavy (non-hydrogen) atoms. The van der Waals surface area contributed by atoms with E-state index >= 15 is 0 Å². The summed E-state index contributed by atoms with van der Waals surface area (Å²) in [4.78, 5) is 0. The van der Waals surface area contributed by atoms with Gasteiger partial charge in [-0.2, -0.15) is 0 Å². The number of hydrogen-bond donors (Lipinski definition) is 1. The predicted octanol–water partition coefficient (Wildman–Crippen LogP) is -0.605. The van der Waals surface area contributed by atoms with Crippen molar-refractivity contribution >= 4 is 0 Å². The Morgan fingerprint density at radius 2 is 1.88 bits per heavy atom. The maximum Gasteiger partial charge on any atom is 0.186 e. The van der Waals surface area contributed by atoms with Crippen LogP contribution in [0.2, 0.25) is 0 Å². The highest BCUT2D eigenvalue weighted by atomic mass is 16.7. The van der Waals surface area contributed by atoms with Crippen LogP contribution in [-0.4, -0.2) is 70.9 Å². The fourth-order valence-corrected chi connectivity index (χ4v) is 1.89. The topological polar surface area (TPSA) is 66.4 Å². The van der Waals surface area contributed by atoms with E-state index in [-0.39, 0.29) is 6.10 Å². The number of hydrogen-bond acceptors (Lipinski definition) is 6. The van der Waals surface area contributed by atoms with Crippen LogP contribution in [0.3, 0.4) is 0 Å². The van der Waals surface area contributed by atoms with Gasteiger partial charge in [-0.1, -0.05) is 0 Å². The van der Waals surface area contributed by atoms with E-state index in [1.54, 1.807) is 14.2 Å². The van der Waals surface area contributed by atoms with E-state index in [4.69, 9.17) is 23.7 Å². The Kier molecular flexibility index (Phi) is 5.60. The van der Waals surface area contributed by atoms with E-state index in [2.05, 4.69) is 0 Å². The normalized spacial score (nSPS) is 36.6. The van der Waals surface area contributed by atoms with Gasteiger partial charge in [-0.05, 0) is 0 Å². The maximum absolute atomic E-state index is 9.86. The van der Waals surface area contributed by atoms with Crippen molar-refractivity contribution in [2.45, 2.75) is 30.7 Å². The van der Waals surface area contributed by atoms with E-state index < -0.39 is 24.6 Å². The highest BCUT2D eigenvalue weighted by molar-refractivity contribution is 4.92. The molecule has 1 N–H and O–H groups in total. The number of ether oxygens (including phenoxy) is 5. The Balaban J connectivity index is 2.70. The summed E-state index contributed by atoms with van der Waals surface area (Å²) in [6.07, 6.45) is -2.70. The summed E-state index contributed by atoms with van der Waals surface area (Å²) in [7, 11) is 6.13. The first-order chi connectivity index (χ1) is 7.69. The van der Waals surface area contributed by atoms with Crippen LogP contribution >= 0.6 is 0 Å². The molecule has 0 amide bonds. The van der Waals surface area contributed by atoms with Crippen LogP contribution in [0.15, 0.2) is 0 Å². The van der Waals surface area contributed by atoms with Crippen LogP contribution in [0.5, 0.6) is 0 Å². The van der Waals surface area contributed by atoms with Crippen LogP contribution in [0.1, 0.15) is 0 Å². The highest BCUT2D eigenvalue weighted by Crippen LogP contribution is 2.27. The summed E-state index contributed by atoms with van der Waals surface area (Å²) in [5.41, 5.74) is 0. The fraction of sp³-hybridized carbons (Fsp3) is 1.00. The molecule has 0 aromatic rings. The molecule has 6 heteroatoms. The van der Waals surface area contributed by atoms with Gasteiger partial charge in [0, 0.05) is 28.4 Å². The van der Waals surface area contributed by atoms with E-state index in [0.717, 1.165) is 0 Å². The van der Waals surface area contributed by atoms with Crippen molar-refractivity contribution in [2.24, 2.45) is 0 Å². The zero-order valence-electron chi connectivity index (χ0n) is 10.1. The van der Waals surface area contributed by atoms with E-state index in [9.17, 15) is 5.11 Å². The molecule has 0 radical (unpaired) electrons. The molecule has 0 saturated carbocycles. The monoisotopic (exact) mass is 236 g/mol. The standard InChI is InChI=1S/C10H20O6/c1-12-5-6(13-2)8-9(14-3)7(11)10(15-4)16-8/h6-11H,5H2,1-4H3/t6-,7-,8-,9-,10+/m1/s1. The molecule has 0 aromatic heterocycles. The maximum atomic E-state index is 9.86. The second kappa shape index (κ2) is 6.48. The zero-order chi connectivity index (χ0) is 12.1. The zero-order valence-corrected chi connectivity index (χ0v) is 10.1. The third kappa shape index (κ3) is 2.71. The minimum atomic E-state index is -0.825. The fourth-order valence-electron chi connectivity index (χ4n) is 1.89. The number of aliphatic hydroxyl groups excluding tert-OH is 1. The summed E-state index contributed by atoms with van der Waals surface area (Å²) >= 11 is 0. The first-order valence-corrected chi connectivity index (χ1v) is 5.10. The Bertz CT molecular complexity index is 200. The molecule has 1 aliphatic heterocycles. The minimum Gasteiger partial charge on any atom is -0.385 e. The Morgan fingerprint density at radius 1 is 1.19 bits per heavy atom. The molecule has 1 rings (SSSR count). The molecular weight excluding hydrogens is 216 g/mol. The van der Waals surface area contributed by atoms with Crippen LogP contribution < -0.4 is 0 Å². The number of rotatable bonds is 6. The van der Waals surface area contributed by atoms with Crippen molar-refractivity contribution < 1.29 is 28.8 Å². The van der Waals surface area contributed by atoms with Crippen LogP contribution in [0.4, 0.5) is 0 Å². The van der Waals surface area contributed by atoms with Gasteiger partial charge in [0.1, 0.15) is 24.4 Å². The minimum absolute atomic E-state index is 0.301. The van der Waals surface area contributed by atoms with Crippen LogP contribution in [0, 0.1) is 0 Å².